The molecule has 16 heavy (non-hydrogen) atoms. The van der Waals surface area contributed by atoms with Crippen LogP contribution in [-0.2, 0) is 12.8 Å². The third-order valence-corrected chi connectivity index (χ3v) is 4.37. The smallest absolute Gasteiger partial charge is 0.189 e. The van der Waals surface area contributed by atoms with Gasteiger partial charge in [-0.1, -0.05) is 6.92 Å². The zero-order chi connectivity index (χ0) is 11.5. The number of aryl methyl sites for hydroxylation is 2. The number of rotatable bonds is 3. The molecule has 0 fully saturated rings. The maximum absolute atomic E-state index is 12.0. The minimum absolute atomic E-state index is 0.0180. The Kier molecular flexibility index (Phi) is 3.40. The molecule has 1 aliphatic carbocycles. The van der Waals surface area contributed by atoms with E-state index in [9.17, 15) is 4.79 Å². The van der Waals surface area contributed by atoms with E-state index in [4.69, 9.17) is 5.26 Å². The Bertz CT molecular complexity index is 418. The molecule has 1 heterocycles. The van der Waals surface area contributed by atoms with E-state index >= 15 is 0 Å². The van der Waals surface area contributed by atoms with Crippen LogP contribution in [-0.4, -0.2) is 5.78 Å². The summed E-state index contributed by atoms with van der Waals surface area (Å²) in [6.07, 6.45) is 5.28. The lowest BCUT2D eigenvalue weighted by atomic mass is 9.97. The minimum atomic E-state index is -0.458. The van der Waals surface area contributed by atoms with Crippen LogP contribution in [0.1, 0.15) is 46.3 Å². The second-order valence-corrected chi connectivity index (χ2v) is 5.36. The minimum Gasteiger partial charge on any atom is -0.292 e. The van der Waals surface area contributed by atoms with Crippen molar-refractivity contribution in [1.29, 1.82) is 5.26 Å². The largest absolute Gasteiger partial charge is 0.292 e. The SMILES string of the molecule is CCC(C#N)C(=O)c1cc2c(s1)CCCC2. The van der Waals surface area contributed by atoms with Crippen LogP contribution in [0.15, 0.2) is 6.07 Å². The number of ketones is 1. The Morgan fingerprint density at radius 3 is 2.94 bits per heavy atom. The number of nitriles is 1. The summed E-state index contributed by atoms with van der Waals surface area (Å²) in [6, 6.07) is 4.10. The van der Waals surface area contributed by atoms with Crippen molar-refractivity contribution in [3.63, 3.8) is 0 Å². The zero-order valence-corrected chi connectivity index (χ0v) is 10.3. The van der Waals surface area contributed by atoms with Gasteiger partial charge in [0, 0.05) is 4.88 Å². The van der Waals surface area contributed by atoms with E-state index in [0.717, 1.165) is 17.7 Å². The molecular weight excluding hydrogens is 218 g/mol. The lowest BCUT2D eigenvalue weighted by Crippen LogP contribution is -2.10. The molecule has 0 radical (unpaired) electrons. The average molecular weight is 233 g/mol. The Hall–Kier alpha value is -1.14. The average Bonchev–Trinajstić information content (AvgIpc) is 2.74. The predicted molar refractivity (Wildman–Crippen MR) is 64.7 cm³/mol. The highest BCUT2D eigenvalue weighted by atomic mass is 32.1. The van der Waals surface area contributed by atoms with Crippen LogP contribution >= 0.6 is 11.3 Å². The van der Waals surface area contributed by atoms with Gasteiger partial charge in [-0.3, -0.25) is 4.79 Å². The molecule has 1 aliphatic rings. The molecule has 2 rings (SSSR count). The molecule has 1 aromatic rings. The van der Waals surface area contributed by atoms with Crippen LogP contribution in [0.25, 0.3) is 0 Å². The molecule has 0 amide bonds. The third-order valence-electron chi connectivity index (χ3n) is 3.12. The molecule has 0 N–H and O–H groups in total. The van der Waals surface area contributed by atoms with E-state index in [1.54, 1.807) is 11.3 Å². The van der Waals surface area contributed by atoms with E-state index in [0.29, 0.717) is 6.42 Å². The van der Waals surface area contributed by atoms with Gasteiger partial charge < -0.3 is 0 Å². The topological polar surface area (TPSA) is 40.9 Å². The summed E-state index contributed by atoms with van der Waals surface area (Å²) in [6.45, 7) is 1.89. The monoisotopic (exact) mass is 233 g/mol. The Morgan fingerprint density at radius 2 is 2.31 bits per heavy atom. The molecule has 84 valence electrons. The summed E-state index contributed by atoms with van der Waals surface area (Å²) in [5, 5.41) is 8.89. The number of Topliss-reactive ketones (excluding diaryl/α,β-unsaturated/α-hetero) is 1. The van der Waals surface area contributed by atoms with Gasteiger partial charge in [-0.05, 0) is 43.7 Å². The standard InChI is InChI=1S/C13H15NOS/c1-2-9(8-14)13(15)12-7-10-5-3-4-6-11(10)16-12/h7,9H,2-6H2,1H3. The summed E-state index contributed by atoms with van der Waals surface area (Å²) in [7, 11) is 0. The number of nitrogens with zero attached hydrogens (tertiary/aromatic N) is 1. The van der Waals surface area contributed by atoms with E-state index < -0.39 is 5.92 Å². The van der Waals surface area contributed by atoms with Gasteiger partial charge in [0.05, 0.1) is 10.9 Å². The molecule has 0 aromatic carbocycles. The molecule has 1 atom stereocenters. The highest BCUT2D eigenvalue weighted by molar-refractivity contribution is 7.14. The first-order chi connectivity index (χ1) is 7.76. The molecule has 1 aromatic heterocycles. The second-order valence-electron chi connectivity index (χ2n) is 4.22. The van der Waals surface area contributed by atoms with Crippen molar-refractivity contribution in [3.8, 4) is 6.07 Å². The lowest BCUT2D eigenvalue weighted by molar-refractivity contribution is 0.0950. The summed E-state index contributed by atoms with van der Waals surface area (Å²) in [4.78, 5) is 14.2. The van der Waals surface area contributed by atoms with Gasteiger partial charge in [0.15, 0.2) is 5.78 Å². The normalized spacial score (nSPS) is 16.2. The Morgan fingerprint density at radius 1 is 1.56 bits per heavy atom. The molecule has 0 saturated carbocycles. The van der Waals surface area contributed by atoms with Gasteiger partial charge in [-0.15, -0.1) is 11.3 Å². The fraction of sp³-hybridized carbons (Fsp3) is 0.538. The van der Waals surface area contributed by atoms with Crippen LogP contribution < -0.4 is 0 Å². The molecule has 2 nitrogen and oxygen atoms in total. The first-order valence-corrected chi connectivity index (χ1v) is 6.63. The van der Waals surface area contributed by atoms with Gasteiger partial charge in [0.25, 0.3) is 0 Å². The van der Waals surface area contributed by atoms with Crippen molar-refractivity contribution in [2.24, 2.45) is 5.92 Å². The number of fused-ring (bicyclic) bond motifs is 1. The van der Waals surface area contributed by atoms with Gasteiger partial charge in [-0.25, -0.2) is 0 Å². The number of hydrogen-bond donors (Lipinski definition) is 0. The van der Waals surface area contributed by atoms with Gasteiger partial charge >= 0.3 is 0 Å². The number of thiophene rings is 1. The number of carbonyl (C=O) groups is 1. The fourth-order valence-electron chi connectivity index (χ4n) is 2.12. The summed E-state index contributed by atoms with van der Waals surface area (Å²) in [5.41, 5.74) is 1.34. The van der Waals surface area contributed by atoms with Crippen molar-refractivity contribution in [1.82, 2.24) is 0 Å². The first kappa shape index (κ1) is 11.3. The lowest BCUT2D eigenvalue weighted by Gasteiger charge is -2.08. The molecule has 0 spiro atoms. The van der Waals surface area contributed by atoms with Crippen LogP contribution in [0.4, 0.5) is 0 Å². The van der Waals surface area contributed by atoms with Crippen molar-refractivity contribution in [3.05, 3.63) is 21.4 Å². The van der Waals surface area contributed by atoms with Crippen LogP contribution in [0, 0.1) is 17.2 Å². The molecule has 0 aliphatic heterocycles. The van der Waals surface area contributed by atoms with E-state index in [-0.39, 0.29) is 5.78 Å². The second kappa shape index (κ2) is 4.80. The van der Waals surface area contributed by atoms with Crippen molar-refractivity contribution < 1.29 is 4.79 Å². The highest BCUT2D eigenvalue weighted by Gasteiger charge is 2.22. The molecular formula is C13H15NOS. The highest BCUT2D eigenvalue weighted by Crippen LogP contribution is 2.31. The molecule has 0 bridgehead atoms. The maximum Gasteiger partial charge on any atom is 0.189 e. The molecule has 1 unspecified atom stereocenters. The van der Waals surface area contributed by atoms with Crippen molar-refractivity contribution in [2.75, 3.05) is 0 Å². The van der Waals surface area contributed by atoms with E-state index in [1.807, 2.05) is 13.0 Å². The quantitative estimate of drug-likeness (QED) is 0.751. The fourth-order valence-corrected chi connectivity index (χ4v) is 3.37. The third kappa shape index (κ3) is 2.03. The Balaban J connectivity index is 2.24. The van der Waals surface area contributed by atoms with Gasteiger partial charge in [0.1, 0.15) is 5.92 Å². The summed E-state index contributed by atoms with van der Waals surface area (Å²) >= 11 is 1.60. The van der Waals surface area contributed by atoms with Crippen LogP contribution in [0.2, 0.25) is 0 Å². The molecule has 0 saturated heterocycles. The van der Waals surface area contributed by atoms with Crippen LogP contribution in [0.5, 0.6) is 0 Å². The zero-order valence-electron chi connectivity index (χ0n) is 9.45. The molecule has 3 heteroatoms. The summed E-state index contributed by atoms with van der Waals surface area (Å²) < 4.78 is 0. The number of carbonyl (C=O) groups excluding carboxylic acids is 1. The van der Waals surface area contributed by atoms with Crippen molar-refractivity contribution in [2.45, 2.75) is 39.0 Å². The van der Waals surface area contributed by atoms with Crippen LogP contribution in [0.3, 0.4) is 0 Å². The Labute approximate surface area is 99.9 Å². The van der Waals surface area contributed by atoms with Gasteiger partial charge in [-0.2, -0.15) is 5.26 Å². The number of hydrogen-bond acceptors (Lipinski definition) is 3. The van der Waals surface area contributed by atoms with Gasteiger partial charge in [0.2, 0.25) is 0 Å². The van der Waals surface area contributed by atoms with Crippen molar-refractivity contribution >= 4 is 17.1 Å². The maximum atomic E-state index is 12.0. The first-order valence-electron chi connectivity index (χ1n) is 5.81. The predicted octanol–water partition coefficient (Wildman–Crippen LogP) is 3.36. The summed E-state index contributed by atoms with van der Waals surface area (Å²) in [5.74, 6) is -0.440. The van der Waals surface area contributed by atoms with E-state index in [1.165, 1.54) is 23.3 Å². The van der Waals surface area contributed by atoms with E-state index in [2.05, 4.69) is 6.07 Å².